The van der Waals surface area contributed by atoms with E-state index >= 15 is 0 Å². The van der Waals surface area contributed by atoms with Gasteiger partial charge >= 0.3 is 6.18 Å². The minimum Gasteiger partial charge on any atom is -0.365 e. The zero-order valence-corrected chi connectivity index (χ0v) is 20.0. The Balaban J connectivity index is 1.66. The van der Waals surface area contributed by atoms with Crippen molar-refractivity contribution in [3.05, 3.63) is 71.3 Å². The fourth-order valence-electron chi connectivity index (χ4n) is 4.65. The molecule has 0 unspecified atom stereocenters. The van der Waals surface area contributed by atoms with Crippen molar-refractivity contribution < 1.29 is 13.2 Å². The molecule has 0 aliphatic heterocycles. The van der Waals surface area contributed by atoms with Gasteiger partial charge in [-0.2, -0.15) is 23.4 Å². The molecular weight excluding hydrogens is 465 g/mol. The number of aromatic nitrogens is 4. The van der Waals surface area contributed by atoms with Crippen molar-refractivity contribution in [2.45, 2.75) is 51.9 Å². The molecule has 6 nitrogen and oxygen atoms in total. The van der Waals surface area contributed by atoms with Crippen molar-refractivity contribution in [2.75, 3.05) is 5.32 Å². The number of pyridine rings is 1. The van der Waals surface area contributed by atoms with E-state index in [1.54, 1.807) is 0 Å². The first-order chi connectivity index (χ1) is 17.2. The molecule has 0 amide bonds. The molecule has 0 spiro atoms. The molecule has 3 heterocycles. The first-order valence-corrected chi connectivity index (χ1v) is 11.9. The number of hydrogen-bond acceptors (Lipinski definition) is 5. The van der Waals surface area contributed by atoms with Gasteiger partial charge in [0.05, 0.1) is 29.0 Å². The van der Waals surface area contributed by atoms with Crippen molar-refractivity contribution in [3.8, 4) is 17.3 Å². The van der Waals surface area contributed by atoms with Crippen LogP contribution < -0.4 is 5.32 Å². The van der Waals surface area contributed by atoms with Gasteiger partial charge in [0, 0.05) is 12.2 Å². The molecule has 1 aromatic carbocycles. The lowest BCUT2D eigenvalue weighted by Gasteiger charge is -2.32. The van der Waals surface area contributed by atoms with Gasteiger partial charge in [0.25, 0.3) is 0 Å². The average molecular weight is 491 g/mol. The van der Waals surface area contributed by atoms with E-state index in [2.05, 4.69) is 27.2 Å². The van der Waals surface area contributed by atoms with Crippen molar-refractivity contribution in [1.82, 2.24) is 19.5 Å². The number of rotatable bonds is 6. The molecule has 184 valence electrons. The fraction of sp³-hybridized carbons (Fsp3) is 0.333. The summed E-state index contributed by atoms with van der Waals surface area (Å²) < 4.78 is 41.2. The third kappa shape index (κ3) is 4.63. The van der Waals surface area contributed by atoms with E-state index in [0.29, 0.717) is 28.5 Å². The monoisotopic (exact) mass is 490 g/mol. The molecule has 3 aromatic heterocycles. The Hall–Kier alpha value is -3.93. The smallest absolute Gasteiger partial charge is 0.365 e. The first kappa shape index (κ1) is 23.8. The molecule has 1 aliphatic carbocycles. The van der Waals surface area contributed by atoms with Gasteiger partial charge in [-0.15, -0.1) is 0 Å². The second-order valence-corrected chi connectivity index (χ2v) is 9.39. The Morgan fingerprint density at radius 2 is 1.97 bits per heavy atom. The molecular formula is C27H25F3N6. The van der Waals surface area contributed by atoms with Gasteiger partial charge in [0.15, 0.2) is 5.82 Å². The van der Waals surface area contributed by atoms with E-state index in [4.69, 9.17) is 0 Å². The highest BCUT2D eigenvalue weighted by Gasteiger charge is 2.31. The third-order valence-electron chi connectivity index (χ3n) is 6.85. The van der Waals surface area contributed by atoms with Crippen molar-refractivity contribution in [2.24, 2.45) is 5.92 Å². The van der Waals surface area contributed by atoms with E-state index < -0.39 is 11.7 Å². The van der Waals surface area contributed by atoms with Crippen LogP contribution in [0.15, 0.2) is 48.7 Å². The van der Waals surface area contributed by atoms with Gasteiger partial charge in [0.2, 0.25) is 5.82 Å². The Bertz CT molecular complexity index is 1450. The molecule has 1 saturated carbocycles. The Morgan fingerprint density at radius 1 is 1.17 bits per heavy atom. The molecule has 1 N–H and O–H groups in total. The Labute approximate surface area is 206 Å². The summed E-state index contributed by atoms with van der Waals surface area (Å²) in [5.41, 5.74) is 3.78. The zero-order chi connectivity index (χ0) is 25.4. The summed E-state index contributed by atoms with van der Waals surface area (Å²) in [5.74, 6) is 1.13. The van der Waals surface area contributed by atoms with E-state index in [0.717, 1.165) is 41.9 Å². The number of benzene rings is 1. The average Bonchev–Trinajstić information content (AvgIpc) is 3.16. The van der Waals surface area contributed by atoms with E-state index in [1.807, 2.05) is 47.9 Å². The Morgan fingerprint density at radius 3 is 2.58 bits per heavy atom. The number of hydrogen-bond donors (Lipinski definition) is 1. The van der Waals surface area contributed by atoms with Gasteiger partial charge in [-0.05, 0) is 62.4 Å². The molecule has 0 saturated heterocycles. The highest BCUT2D eigenvalue weighted by Crippen LogP contribution is 2.35. The molecule has 9 heteroatoms. The van der Waals surface area contributed by atoms with Crippen molar-refractivity contribution in [1.29, 1.82) is 5.26 Å². The van der Waals surface area contributed by atoms with Crippen LogP contribution in [0.25, 0.3) is 22.3 Å². The maximum absolute atomic E-state index is 13.1. The van der Waals surface area contributed by atoms with Crippen molar-refractivity contribution in [3.63, 3.8) is 0 Å². The van der Waals surface area contributed by atoms with Crippen LogP contribution in [0.3, 0.4) is 0 Å². The van der Waals surface area contributed by atoms with E-state index in [-0.39, 0.29) is 18.4 Å². The number of nitrogens with zero attached hydrogens (tertiary/aromatic N) is 5. The summed E-state index contributed by atoms with van der Waals surface area (Å²) in [7, 11) is 0. The SMILES string of the molecule is Cc1cccc(-c2cc3nc(C#N)nc(N[C@H](C)C4CCC4)c3n2Cc2ccc(C(F)(F)F)cn2)c1. The summed E-state index contributed by atoms with van der Waals surface area (Å²) in [6, 6.07) is 14.5. The summed E-state index contributed by atoms with van der Waals surface area (Å²) in [5, 5.41) is 13.1. The van der Waals surface area contributed by atoms with Crippen LogP contribution in [0.5, 0.6) is 0 Å². The second-order valence-electron chi connectivity index (χ2n) is 9.39. The topological polar surface area (TPSA) is 79.4 Å². The molecule has 1 fully saturated rings. The summed E-state index contributed by atoms with van der Waals surface area (Å²) in [6.45, 7) is 4.32. The first-order valence-electron chi connectivity index (χ1n) is 11.9. The minimum absolute atomic E-state index is 0.0615. The van der Waals surface area contributed by atoms with Crippen LogP contribution in [-0.4, -0.2) is 25.6 Å². The van der Waals surface area contributed by atoms with E-state index in [9.17, 15) is 18.4 Å². The Kier molecular flexibility index (Phi) is 6.12. The van der Waals surface area contributed by atoms with Gasteiger partial charge in [-0.3, -0.25) is 4.98 Å². The number of nitrogens with one attached hydrogen (secondary N) is 1. The number of aryl methyl sites for hydroxylation is 1. The van der Waals surface area contributed by atoms with Gasteiger partial charge in [0.1, 0.15) is 11.6 Å². The molecule has 1 aliphatic rings. The minimum atomic E-state index is -4.45. The zero-order valence-electron chi connectivity index (χ0n) is 20.0. The lowest BCUT2D eigenvalue weighted by Crippen LogP contribution is -2.31. The maximum Gasteiger partial charge on any atom is 0.417 e. The third-order valence-corrected chi connectivity index (χ3v) is 6.85. The normalized spacial score (nSPS) is 14.9. The van der Waals surface area contributed by atoms with Crippen LogP contribution in [0, 0.1) is 24.2 Å². The largest absolute Gasteiger partial charge is 0.417 e. The summed E-state index contributed by atoms with van der Waals surface area (Å²) >= 11 is 0. The highest BCUT2D eigenvalue weighted by atomic mass is 19.4. The lowest BCUT2D eigenvalue weighted by atomic mass is 9.80. The van der Waals surface area contributed by atoms with Crippen LogP contribution in [0.1, 0.15) is 48.8 Å². The standard InChI is InChI=1S/C27H25F3N6/c1-16-5-3-8-19(11-16)23-12-22-25(36(23)15-21-10-9-20(14-32-21)27(28,29)30)26(35-24(13-31)34-22)33-17(2)18-6-4-7-18/h3,5,8-12,14,17-18H,4,6-7,15H2,1-2H3,(H,33,34,35)/t17-/m1/s1. The maximum atomic E-state index is 13.1. The van der Waals surface area contributed by atoms with Gasteiger partial charge in [-0.25, -0.2) is 4.98 Å². The quantitative estimate of drug-likeness (QED) is 0.341. The van der Waals surface area contributed by atoms with Crippen LogP contribution in [0.2, 0.25) is 0 Å². The number of nitriles is 1. The fourth-order valence-corrected chi connectivity index (χ4v) is 4.65. The van der Waals surface area contributed by atoms with Gasteiger partial charge < -0.3 is 9.88 Å². The van der Waals surface area contributed by atoms with Crippen LogP contribution in [0.4, 0.5) is 19.0 Å². The van der Waals surface area contributed by atoms with Gasteiger partial charge in [-0.1, -0.05) is 30.2 Å². The lowest BCUT2D eigenvalue weighted by molar-refractivity contribution is -0.137. The molecule has 36 heavy (non-hydrogen) atoms. The molecule has 0 radical (unpaired) electrons. The highest BCUT2D eigenvalue weighted by molar-refractivity contribution is 5.92. The van der Waals surface area contributed by atoms with Crippen molar-refractivity contribution >= 4 is 16.9 Å². The number of alkyl halides is 3. The van der Waals surface area contributed by atoms with E-state index in [1.165, 1.54) is 12.5 Å². The number of fused-ring (bicyclic) bond motifs is 1. The number of halogens is 3. The number of anilines is 1. The molecule has 1 atom stereocenters. The van der Waals surface area contributed by atoms with Crippen LogP contribution in [-0.2, 0) is 12.7 Å². The second kappa shape index (κ2) is 9.26. The predicted molar refractivity (Wildman–Crippen MR) is 131 cm³/mol. The molecule has 5 rings (SSSR count). The predicted octanol–water partition coefficient (Wildman–Crippen LogP) is 6.34. The summed E-state index contributed by atoms with van der Waals surface area (Å²) in [4.78, 5) is 13.1. The molecule has 4 aromatic rings. The summed E-state index contributed by atoms with van der Waals surface area (Å²) in [6.07, 6.45) is -0.117. The molecule has 0 bridgehead atoms. The van der Waals surface area contributed by atoms with Crippen LogP contribution >= 0.6 is 0 Å².